The molecule has 1 atom stereocenters. The van der Waals surface area contributed by atoms with Crippen LogP contribution in [0.3, 0.4) is 0 Å². The van der Waals surface area contributed by atoms with Crippen molar-refractivity contribution in [1.29, 1.82) is 5.26 Å². The lowest BCUT2D eigenvalue weighted by Crippen LogP contribution is -2.48. The fourth-order valence-corrected chi connectivity index (χ4v) is 7.24. The number of ether oxygens (including phenoxy) is 2. The van der Waals surface area contributed by atoms with E-state index in [1.165, 1.54) is 18.1 Å². The van der Waals surface area contributed by atoms with E-state index in [2.05, 4.69) is 22.5 Å². The maximum atomic E-state index is 13.7. The molecular weight excluding hydrogens is 607 g/mol. The molecule has 2 aliphatic heterocycles. The number of nitriles is 1. The van der Waals surface area contributed by atoms with Gasteiger partial charge in [-0.25, -0.2) is 4.98 Å². The standard InChI is InChI=1S/C32H38F3N5O4S/c1-5-21-16-22(6-7-26(21)44-15-10-20-8-13-38(14-9-20)31(11-12-31)28(42)43-4)40-29(45)39(27(41)30(40,2)3)23-17-24(32(33,34)35)25(18-36)37-19-23/h6-7,16-17,19-20,29,45H,5,8-15H2,1-4H3. The third-order valence-electron chi connectivity index (χ3n) is 9.36. The molecule has 0 N–H and O–H groups in total. The maximum absolute atomic E-state index is 13.7. The number of esters is 1. The van der Waals surface area contributed by atoms with Crippen molar-refractivity contribution in [1.82, 2.24) is 9.88 Å². The van der Waals surface area contributed by atoms with Crippen LogP contribution in [0.5, 0.6) is 5.75 Å². The Labute approximate surface area is 266 Å². The highest BCUT2D eigenvalue weighted by Gasteiger charge is 2.56. The summed E-state index contributed by atoms with van der Waals surface area (Å²) in [6.07, 6.45) is 1.56. The van der Waals surface area contributed by atoms with Crippen molar-refractivity contribution in [2.75, 3.05) is 36.6 Å². The molecule has 3 heterocycles. The molecule has 1 saturated carbocycles. The molecule has 9 nitrogen and oxygen atoms in total. The number of aromatic nitrogens is 1. The van der Waals surface area contributed by atoms with Gasteiger partial charge in [0.2, 0.25) is 0 Å². The van der Waals surface area contributed by atoms with Crippen molar-refractivity contribution < 1.29 is 32.2 Å². The predicted molar refractivity (Wildman–Crippen MR) is 165 cm³/mol. The molecule has 0 radical (unpaired) electrons. The first kappa shape index (κ1) is 32.9. The van der Waals surface area contributed by atoms with Crippen LogP contribution < -0.4 is 14.5 Å². The minimum Gasteiger partial charge on any atom is -0.493 e. The van der Waals surface area contributed by atoms with E-state index in [0.29, 0.717) is 24.6 Å². The first-order valence-electron chi connectivity index (χ1n) is 15.2. The molecule has 1 unspecified atom stereocenters. The Bertz CT molecular complexity index is 1500. The highest BCUT2D eigenvalue weighted by molar-refractivity contribution is 7.81. The highest BCUT2D eigenvalue weighted by atomic mass is 32.1. The minimum absolute atomic E-state index is 0.0963. The van der Waals surface area contributed by atoms with Gasteiger partial charge in [0.1, 0.15) is 22.9 Å². The summed E-state index contributed by atoms with van der Waals surface area (Å²) in [6, 6.07) is 7.85. The van der Waals surface area contributed by atoms with Gasteiger partial charge in [0, 0.05) is 5.69 Å². The number of anilines is 2. The zero-order valence-electron chi connectivity index (χ0n) is 25.9. The molecule has 1 aromatic heterocycles. The van der Waals surface area contributed by atoms with Crippen LogP contribution in [-0.2, 0) is 26.9 Å². The van der Waals surface area contributed by atoms with Gasteiger partial charge in [-0.2, -0.15) is 18.4 Å². The number of nitrogens with zero attached hydrogens (tertiary/aromatic N) is 5. The van der Waals surface area contributed by atoms with Crippen molar-refractivity contribution in [3.8, 4) is 11.8 Å². The van der Waals surface area contributed by atoms with Crippen LogP contribution in [0.25, 0.3) is 0 Å². The van der Waals surface area contributed by atoms with Gasteiger partial charge in [-0.15, -0.1) is 12.6 Å². The number of alkyl halides is 3. The van der Waals surface area contributed by atoms with Crippen molar-refractivity contribution in [3.63, 3.8) is 0 Å². The smallest absolute Gasteiger partial charge is 0.419 e. The van der Waals surface area contributed by atoms with E-state index in [1.807, 2.05) is 25.1 Å². The quantitative estimate of drug-likeness (QED) is 0.280. The average Bonchev–Trinajstić information content (AvgIpc) is 3.80. The van der Waals surface area contributed by atoms with Gasteiger partial charge in [-0.1, -0.05) is 6.92 Å². The highest BCUT2D eigenvalue weighted by Crippen LogP contribution is 2.45. The zero-order chi connectivity index (χ0) is 32.7. The Morgan fingerprint density at radius 3 is 2.44 bits per heavy atom. The van der Waals surface area contributed by atoms with Gasteiger partial charge in [0.05, 0.1) is 31.2 Å². The Balaban J connectivity index is 1.26. The Morgan fingerprint density at radius 1 is 1.18 bits per heavy atom. The topological polar surface area (TPSA) is 99.0 Å². The number of methoxy groups -OCH3 is 1. The number of pyridine rings is 1. The van der Waals surface area contributed by atoms with Gasteiger partial charge in [0.15, 0.2) is 11.2 Å². The summed E-state index contributed by atoms with van der Waals surface area (Å²) in [5.41, 5.74) is -2.95. The third-order valence-corrected chi connectivity index (χ3v) is 9.83. The molecule has 1 aromatic carbocycles. The number of amides is 1. The fourth-order valence-electron chi connectivity index (χ4n) is 6.58. The summed E-state index contributed by atoms with van der Waals surface area (Å²) in [4.78, 5) is 34.7. The molecule has 0 spiro atoms. The van der Waals surface area contributed by atoms with E-state index in [4.69, 9.17) is 14.7 Å². The number of piperidine rings is 1. The van der Waals surface area contributed by atoms with E-state index >= 15 is 0 Å². The molecular formula is C32H38F3N5O4S. The third kappa shape index (κ3) is 6.06. The lowest BCUT2D eigenvalue weighted by molar-refractivity contribution is -0.149. The SMILES string of the molecule is CCc1cc(N2C(S)N(c3cnc(C#N)c(C(F)(F)F)c3)C(=O)C2(C)C)ccc1OCCC1CCN(C2(C(=O)OC)CC2)CC1. The van der Waals surface area contributed by atoms with Gasteiger partial charge in [-0.05, 0) is 101 Å². The molecule has 2 aromatic rings. The van der Waals surface area contributed by atoms with Gasteiger partial charge in [0.25, 0.3) is 5.91 Å². The predicted octanol–water partition coefficient (Wildman–Crippen LogP) is 5.57. The van der Waals surface area contributed by atoms with E-state index < -0.39 is 39.9 Å². The van der Waals surface area contributed by atoms with E-state index in [9.17, 15) is 22.8 Å². The van der Waals surface area contributed by atoms with E-state index in [1.54, 1.807) is 18.7 Å². The number of benzene rings is 1. The van der Waals surface area contributed by atoms with Gasteiger partial charge >= 0.3 is 12.1 Å². The number of thiol groups is 1. The fraction of sp³-hybridized carbons (Fsp3) is 0.562. The van der Waals surface area contributed by atoms with Crippen LogP contribution in [0.15, 0.2) is 30.5 Å². The van der Waals surface area contributed by atoms with Gasteiger partial charge < -0.3 is 14.4 Å². The van der Waals surface area contributed by atoms with Crippen LogP contribution in [0, 0.1) is 17.2 Å². The summed E-state index contributed by atoms with van der Waals surface area (Å²) in [7, 11) is 1.45. The van der Waals surface area contributed by atoms with Crippen LogP contribution >= 0.6 is 12.6 Å². The van der Waals surface area contributed by atoms with Crippen molar-refractivity contribution >= 4 is 35.9 Å². The molecule has 1 aliphatic carbocycles. The molecule has 0 bridgehead atoms. The van der Waals surface area contributed by atoms with Crippen molar-refractivity contribution in [2.24, 2.45) is 5.92 Å². The van der Waals surface area contributed by atoms with Crippen LogP contribution in [0.2, 0.25) is 0 Å². The number of aryl methyl sites for hydroxylation is 1. The van der Waals surface area contributed by atoms with Crippen molar-refractivity contribution in [3.05, 3.63) is 47.3 Å². The Kier molecular flexibility index (Phi) is 9.03. The minimum atomic E-state index is -4.81. The zero-order valence-corrected chi connectivity index (χ0v) is 26.8. The molecule has 3 fully saturated rings. The van der Waals surface area contributed by atoms with Crippen LogP contribution in [0.4, 0.5) is 24.5 Å². The second-order valence-electron chi connectivity index (χ2n) is 12.4. The molecule has 45 heavy (non-hydrogen) atoms. The Hall–Kier alpha value is -3.50. The lowest BCUT2D eigenvalue weighted by Gasteiger charge is -2.36. The molecule has 2 saturated heterocycles. The number of carbonyl (C=O) groups is 2. The van der Waals surface area contributed by atoms with Crippen molar-refractivity contribution in [2.45, 2.75) is 82.0 Å². The number of hydrogen-bond acceptors (Lipinski definition) is 9. The first-order valence-corrected chi connectivity index (χ1v) is 15.7. The largest absolute Gasteiger partial charge is 0.493 e. The molecule has 242 valence electrons. The summed E-state index contributed by atoms with van der Waals surface area (Å²) in [6.45, 7) is 7.68. The summed E-state index contributed by atoms with van der Waals surface area (Å²) < 4.78 is 52.2. The normalized spacial score (nSPS) is 21.5. The number of likely N-dealkylation sites (tertiary alicyclic amines) is 1. The number of halogens is 3. The number of hydrogen-bond donors (Lipinski definition) is 1. The van der Waals surface area contributed by atoms with Crippen LogP contribution in [-0.4, -0.2) is 65.1 Å². The van der Waals surface area contributed by atoms with Crippen LogP contribution in [0.1, 0.15) is 69.7 Å². The first-order chi connectivity index (χ1) is 21.3. The Morgan fingerprint density at radius 2 is 1.87 bits per heavy atom. The summed E-state index contributed by atoms with van der Waals surface area (Å²) in [5.74, 6) is 0.662. The van der Waals surface area contributed by atoms with E-state index in [-0.39, 0.29) is 11.7 Å². The van der Waals surface area contributed by atoms with Gasteiger partial charge in [-0.3, -0.25) is 19.4 Å². The summed E-state index contributed by atoms with van der Waals surface area (Å²) >= 11 is 4.68. The second kappa shape index (κ2) is 12.4. The molecule has 13 heteroatoms. The molecule has 1 amide bonds. The number of rotatable bonds is 9. The lowest BCUT2D eigenvalue weighted by atomic mass is 9.92. The molecule has 3 aliphatic rings. The average molecular weight is 646 g/mol. The second-order valence-corrected chi connectivity index (χ2v) is 12.8. The maximum Gasteiger partial charge on any atom is 0.419 e. The van der Waals surface area contributed by atoms with E-state index in [0.717, 1.165) is 68.8 Å². The molecule has 5 rings (SSSR count). The summed E-state index contributed by atoms with van der Waals surface area (Å²) in [5, 5.41) is 9.13. The number of carbonyl (C=O) groups excluding carboxylic acids is 2. The monoisotopic (exact) mass is 645 g/mol.